The average Bonchev–Trinajstić information content (AvgIpc) is 2.45. The van der Waals surface area contributed by atoms with Gasteiger partial charge in [-0.15, -0.1) is 0 Å². The fourth-order valence-corrected chi connectivity index (χ4v) is 2.04. The van der Waals surface area contributed by atoms with Crippen molar-refractivity contribution in [3.63, 3.8) is 0 Å². The molecule has 2 rings (SSSR count). The summed E-state index contributed by atoms with van der Waals surface area (Å²) in [7, 11) is 0. The van der Waals surface area contributed by atoms with E-state index >= 15 is 0 Å². The molecule has 0 aliphatic rings. The van der Waals surface area contributed by atoms with E-state index in [0.717, 1.165) is 6.42 Å². The number of carbonyl (C=O) groups is 1. The first-order valence-corrected chi connectivity index (χ1v) is 6.85. The summed E-state index contributed by atoms with van der Waals surface area (Å²) in [6.45, 7) is 4.61. The van der Waals surface area contributed by atoms with Gasteiger partial charge in [0, 0.05) is 11.6 Å². The van der Waals surface area contributed by atoms with E-state index in [9.17, 15) is 4.79 Å². The molecule has 0 aliphatic heterocycles. The van der Waals surface area contributed by atoms with Gasteiger partial charge in [-0.3, -0.25) is 0 Å². The Kier molecular flexibility index (Phi) is 6.89. The van der Waals surface area contributed by atoms with E-state index in [1.165, 1.54) is 5.56 Å². The summed E-state index contributed by atoms with van der Waals surface area (Å²) in [5.41, 5.74) is 1.82. The molecule has 112 valence electrons. The summed E-state index contributed by atoms with van der Waals surface area (Å²) < 4.78 is 7.19. The molecule has 0 spiro atoms. The maximum atomic E-state index is 11.8. The summed E-state index contributed by atoms with van der Waals surface area (Å²) >= 11 is 0. The number of hydrogen-bond donors (Lipinski definition) is 0. The smallest absolute Gasteiger partial charge is 0.342 e. The molecule has 0 saturated carbocycles. The summed E-state index contributed by atoms with van der Waals surface area (Å²) in [4.78, 5) is 11.8. The van der Waals surface area contributed by atoms with Crippen LogP contribution in [0.1, 0.15) is 29.8 Å². The number of ether oxygens (including phenoxy) is 1. The van der Waals surface area contributed by atoms with Gasteiger partial charge in [-0.05, 0) is 30.5 Å². The Balaban J connectivity index is 0.00000220. The van der Waals surface area contributed by atoms with E-state index in [4.69, 9.17) is 4.74 Å². The summed E-state index contributed by atoms with van der Waals surface area (Å²) in [5, 5.41) is 0. The van der Waals surface area contributed by atoms with Gasteiger partial charge in [0.2, 0.25) is 0 Å². The van der Waals surface area contributed by atoms with E-state index in [1.54, 1.807) is 12.1 Å². The van der Waals surface area contributed by atoms with Gasteiger partial charge in [-0.2, -0.15) is 4.57 Å². The molecule has 0 fully saturated rings. The number of carbonyl (C=O) groups excluding carboxylic acids is 1. The van der Waals surface area contributed by atoms with Crippen LogP contribution in [0.4, 0.5) is 0 Å². The highest BCUT2D eigenvalue weighted by atomic mass is 35.5. The Hall–Kier alpha value is -1.87. The zero-order valence-electron chi connectivity index (χ0n) is 12.3. The van der Waals surface area contributed by atoms with E-state index in [-0.39, 0.29) is 25.1 Å². The predicted molar refractivity (Wildman–Crippen MR) is 77.0 cm³/mol. The minimum Gasteiger partial charge on any atom is -1.00 e. The lowest BCUT2D eigenvalue weighted by Crippen LogP contribution is -3.00. The van der Waals surface area contributed by atoms with Crippen molar-refractivity contribution in [2.75, 3.05) is 0 Å². The number of nitrogens with zero attached hydrogens (tertiary/aromatic N) is 1. The van der Waals surface area contributed by atoms with E-state index in [2.05, 4.69) is 19.9 Å². The van der Waals surface area contributed by atoms with Crippen molar-refractivity contribution in [3.8, 4) is 0 Å². The van der Waals surface area contributed by atoms with Gasteiger partial charge in [-0.25, -0.2) is 4.79 Å². The van der Waals surface area contributed by atoms with Crippen LogP contribution in [0.2, 0.25) is 0 Å². The minimum atomic E-state index is -0.299. The topological polar surface area (TPSA) is 30.2 Å². The van der Waals surface area contributed by atoms with Crippen LogP contribution in [-0.4, -0.2) is 5.97 Å². The quantitative estimate of drug-likeness (QED) is 0.575. The van der Waals surface area contributed by atoms with Gasteiger partial charge in [0.25, 0.3) is 6.73 Å². The molecule has 0 N–H and O–H groups in total. The molecular formula is C17H20ClNO2. The van der Waals surface area contributed by atoms with Crippen molar-refractivity contribution in [3.05, 3.63) is 66.0 Å². The van der Waals surface area contributed by atoms with Crippen LogP contribution in [0.5, 0.6) is 0 Å². The lowest BCUT2D eigenvalue weighted by atomic mass is 10.1. The molecule has 1 aromatic carbocycles. The molecular weight excluding hydrogens is 286 g/mol. The summed E-state index contributed by atoms with van der Waals surface area (Å²) in [5.74, 6) is 0.310. The molecule has 2 aromatic rings. The zero-order chi connectivity index (χ0) is 14.4. The molecule has 0 unspecified atom stereocenters. The van der Waals surface area contributed by atoms with Gasteiger partial charge in [0.1, 0.15) is 0 Å². The maximum absolute atomic E-state index is 11.8. The standard InChI is InChI=1S/C17H20NO2.ClH/c1-14(2)11-15-7-6-10-18(12-15)13-20-17(19)16-8-4-3-5-9-16;/h3-10,12,14H,11,13H2,1-2H3;1H/q+1;/p-1. The third kappa shape index (κ3) is 5.56. The Morgan fingerprint density at radius 1 is 1.14 bits per heavy atom. The lowest BCUT2D eigenvalue weighted by molar-refractivity contribution is -0.727. The van der Waals surface area contributed by atoms with Crippen LogP contribution in [0.15, 0.2) is 54.9 Å². The number of aromatic nitrogens is 1. The van der Waals surface area contributed by atoms with Gasteiger partial charge < -0.3 is 17.1 Å². The molecule has 3 nitrogen and oxygen atoms in total. The predicted octanol–water partition coefficient (Wildman–Crippen LogP) is -0.00890. The molecule has 4 heteroatoms. The number of esters is 1. The molecule has 0 bridgehead atoms. The van der Waals surface area contributed by atoms with Crippen LogP contribution in [-0.2, 0) is 17.9 Å². The minimum absolute atomic E-state index is 0. The van der Waals surface area contributed by atoms with Crippen molar-refractivity contribution in [2.45, 2.75) is 27.0 Å². The highest BCUT2D eigenvalue weighted by Crippen LogP contribution is 2.05. The SMILES string of the molecule is CC(C)Cc1ccc[n+](COC(=O)c2ccccc2)c1.[Cl-]. The van der Waals surface area contributed by atoms with Crippen molar-refractivity contribution in [1.82, 2.24) is 0 Å². The first-order chi connectivity index (χ1) is 9.65. The third-order valence-electron chi connectivity index (χ3n) is 2.92. The van der Waals surface area contributed by atoms with Crippen LogP contribution >= 0.6 is 0 Å². The van der Waals surface area contributed by atoms with Crippen molar-refractivity contribution in [2.24, 2.45) is 5.92 Å². The Morgan fingerprint density at radius 2 is 1.86 bits per heavy atom. The molecule has 0 radical (unpaired) electrons. The number of benzene rings is 1. The van der Waals surface area contributed by atoms with E-state index in [1.807, 2.05) is 41.2 Å². The summed E-state index contributed by atoms with van der Waals surface area (Å²) in [6.07, 6.45) is 4.95. The Labute approximate surface area is 132 Å². The molecule has 1 heterocycles. The maximum Gasteiger partial charge on any atom is 0.342 e. The van der Waals surface area contributed by atoms with Crippen LogP contribution in [0.3, 0.4) is 0 Å². The van der Waals surface area contributed by atoms with Gasteiger partial charge in [-0.1, -0.05) is 32.0 Å². The summed E-state index contributed by atoms with van der Waals surface area (Å²) in [6, 6.07) is 13.1. The highest BCUT2D eigenvalue weighted by molar-refractivity contribution is 5.89. The number of rotatable bonds is 5. The van der Waals surface area contributed by atoms with Crippen molar-refractivity contribution < 1.29 is 26.5 Å². The molecule has 21 heavy (non-hydrogen) atoms. The number of pyridine rings is 1. The molecule has 0 amide bonds. The van der Waals surface area contributed by atoms with Gasteiger partial charge >= 0.3 is 5.97 Å². The fraction of sp³-hybridized carbons (Fsp3) is 0.294. The van der Waals surface area contributed by atoms with E-state index < -0.39 is 0 Å². The molecule has 0 saturated heterocycles. The van der Waals surface area contributed by atoms with Gasteiger partial charge in [0.15, 0.2) is 12.4 Å². The number of hydrogen-bond acceptors (Lipinski definition) is 2. The van der Waals surface area contributed by atoms with Crippen LogP contribution in [0, 0.1) is 5.92 Å². The van der Waals surface area contributed by atoms with Crippen molar-refractivity contribution >= 4 is 5.97 Å². The highest BCUT2D eigenvalue weighted by Gasteiger charge is 2.10. The van der Waals surface area contributed by atoms with E-state index in [0.29, 0.717) is 11.5 Å². The monoisotopic (exact) mass is 305 g/mol. The molecule has 0 aliphatic carbocycles. The Morgan fingerprint density at radius 3 is 2.52 bits per heavy atom. The number of halogens is 1. The van der Waals surface area contributed by atoms with Gasteiger partial charge in [0.05, 0.1) is 5.56 Å². The van der Waals surface area contributed by atoms with Crippen LogP contribution < -0.4 is 17.0 Å². The first kappa shape index (κ1) is 17.2. The lowest BCUT2D eigenvalue weighted by Gasteiger charge is -2.04. The molecule has 0 atom stereocenters. The second-order valence-electron chi connectivity index (χ2n) is 5.25. The van der Waals surface area contributed by atoms with Crippen molar-refractivity contribution in [1.29, 1.82) is 0 Å². The largest absolute Gasteiger partial charge is 1.00 e. The second kappa shape index (κ2) is 8.42. The Bertz CT molecular complexity index is 570. The fourth-order valence-electron chi connectivity index (χ4n) is 2.04. The normalized spacial score (nSPS) is 10.0. The second-order valence-corrected chi connectivity index (χ2v) is 5.25. The molecule has 1 aromatic heterocycles. The van der Waals surface area contributed by atoms with Crippen LogP contribution in [0.25, 0.3) is 0 Å². The first-order valence-electron chi connectivity index (χ1n) is 6.85. The zero-order valence-corrected chi connectivity index (χ0v) is 13.1. The average molecular weight is 306 g/mol. The third-order valence-corrected chi connectivity index (χ3v) is 2.92.